The molecular formula is C21H43N5O3. The number of methoxy groups -OCH3 is 1. The first-order valence-corrected chi connectivity index (χ1v) is 11.0. The number of guanidine groups is 1. The molecule has 1 saturated heterocycles. The van der Waals surface area contributed by atoms with Crippen molar-refractivity contribution in [2.24, 2.45) is 4.99 Å². The zero-order valence-electron chi connectivity index (χ0n) is 19.3. The Labute approximate surface area is 177 Å². The van der Waals surface area contributed by atoms with Crippen LogP contribution in [0, 0.1) is 0 Å². The van der Waals surface area contributed by atoms with E-state index in [2.05, 4.69) is 34.7 Å². The smallest absolute Gasteiger partial charge is 0.407 e. The number of hydrogen-bond acceptors (Lipinski definition) is 5. The molecular weight excluding hydrogens is 370 g/mol. The Kier molecular flexibility index (Phi) is 12.0. The maximum atomic E-state index is 12.1. The van der Waals surface area contributed by atoms with E-state index in [1.54, 1.807) is 7.11 Å². The average molecular weight is 414 g/mol. The van der Waals surface area contributed by atoms with Crippen molar-refractivity contribution in [2.45, 2.75) is 78.0 Å². The maximum Gasteiger partial charge on any atom is 0.407 e. The standard InChI is InChI=1S/C21H43N5O3/c1-7-9-18(25-20(27)29-21(3,4)5)16-23-19(22-8-2)24-17-10-12-26(13-11-17)14-15-28-6/h17-18H,7-16H2,1-6H3,(H,25,27)(H2,22,23,24). The van der Waals surface area contributed by atoms with Crippen molar-refractivity contribution in [3.05, 3.63) is 0 Å². The molecule has 1 rings (SSSR count). The maximum absolute atomic E-state index is 12.1. The van der Waals surface area contributed by atoms with E-state index in [-0.39, 0.29) is 12.1 Å². The number of carbonyl (C=O) groups excluding carboxylic acids is 1. The molecule has 0 saturated carbocycles. The van der Waals surface area contributed by atoms with E-state index < -0.39 is 5.60 Å². The highest BCUT2D eigenvalue weighted by Crippen LogP contribution is 2.10. The highest BCUT2D eigenvalue weighted by molar-refractivity contribution is 5.80. The van der Waals surface area contributed by atoms with Crippen molar-refractivity contribution in [1.29, 1.82) is 0 Å². The normalized spacial score (nSPS) is 17.7. The summed E-state index contributed by atoms with van der Waals surface area (Å²) in [6.45, 7) is 15.0. The van der Waals surface area contributed by atoms with Crippen LogP contribution < -0.4 is 16.0 Å². The summed E-state index contributed by atoms with van der Waals surface area (Å²) >= 11 is 0. The first-order chi connectivity index (χ1) is 13.8. The third-order valence-electron chi connectivity index (χ3n) is 4.71. The molecule has 170 valence electrons. The number of alkyl carbamates (subject to hydrolysis) is 1. The van der Waals surface area contributed by atoms with Gasteiger partial charge in [0.1, 0.15) is 5.60 Å². The van der Waals surface area contributed by atoms with Crippen LogP contribution in [-0.2, 0) is 9.47 Å². The molecule has 8 nitrogen and oxygen atoms in total. The Morgan fingerprint density at radius 1 is 1.24 bits per heavy atom. The number of aliphatic imine (C=N–C) groups is 1. The number of likely N-dealkylation sites (tertiary alicyclic amines) is 1. The van der Waals surface area contributed by atoms with Crippen molar-refractivity contribution < 1.29 is 14.3 Å². The quantitative estimate of drug-likeness (QED) is 0.376. The fraction of sp³-hybridized carbons (Fsp3) is 0.905. The number of carbonyl (C=O) groups is 1. The number of amides is 1. The van der Waals surface area contributed by atoms with Gasteiger partial charge >= 0.3 is 6.09 Å². The second kappa shape index (κ2) is 13.6. The Balaban J connectivity index is 2.56. The summed E-state index contributed by atoms with van der Waals surface area (Å²) in [5, 5.41) is 9.84. The molecule has 1 aliphatic heterocycles. The third-order valence-corrected chi connectivity index (χ3v) is 4.71. The highest BCUT2D eigenvalue weighted by Gasteiger charge is 2.21. The van der Waals surface area contributed by atoms with E-state index in [1.807, 2.05) is 20.8 Å². The molecule has 0 spiro atoms. The minimum absolute atomic E-state index is 0.0406. The minimum Gasteiger partial charge on any atom is -0.444 e. The highest BCUT2D eigenvalue weighted by atomic mass is 16.6. The average Bonchev–Trinajstić information content (AvgIpc) is 2.64. The van der Waals surface area contributed by atoms with Gasteiger partial charge in [-0.1, -0.05) is 13.3 Å². The number of hydrogen-bond donors (Lipinski definition) is 3. The van der Waals surface area contributed by atoms with E-state index in [4.69, 9.17) is 14.5 Å². The van der Waals surface area contributed by atoms with Crippen molar-refractivity contribution in [2.75, 3.05) is 46.4 Å². The lowest BCUT2D eigenvalue weighted by atomic mass is 10.1. The fourth-order valence-electron chi connectivity index (χ4n) is 3.27. The Morgan fingerprint density at radius 3 is 2.48 bits per heavy atom. The summed E-state index contributed by atoms with van der Waals surface area (Å²) in [5.41, 5.74) is -0.501. The lowest BCUT2D eigenvalue weighted by Gasteiger charge is -2.33. The Hall–Kier alpha value is -1.54. The molecule has 1 atom stereocenters. The molecule has 0 aromatic heterocycles. The van der Waals surface area contributed by atoms with Gasteiger partial charge in [0.2, 0.25) is 0 Å². The van der Waals surface area contributed by atoms with Gasteiger partial charge in [0.05, 0.1) is 19.2 Å². The predicted molar refractivity (Wildman–Crippen MR) is 119 cm³/mol. The van der Waals surface area contributed by atoms with Gasteiger partial charge in [0.15, 0.2) is 5.96 Å². The van der Waals surface area contributed by atoms with Crippen molar-refractivity contribution in [3.8, 4) is 0 Å². The molecule has 1 aliphatic rings. The van der Waals surface area contributed by atoms with E-state index in [0.29, 0.717) is 12.6 Å². The van der Waals surface area contributed by atoms with Crippen LogP contribution >= 0.6 is 0 Å². The predicted octanol–water partition coefficient (Wildman–Crippen LogP) is 2.35. The molecule has 3 N–H and O–H groups in total. The van der Waals surface area contributed by atoms with Crippen molar-refractivity contribution in [1.82, 2.24) is 20.9 Å². The molecule has 0 aromatic rings. The summed E-state index contributed by atoms with van der Waals surface area (Å²) in [6.07, 6.45) is 3.62. The topological polar surface area (TPSA) is 87.2 Å². The van der Waals surface area contributed by atoms with Crippen LogP contribution in [0.25, 0.3) is 0 Å². The largest absolute Gasteiger partial charge is 0.444 e. The molecule has 29 heavy (non-hydrogen) atoms. The number of nitrogens with one attached hydrogen (secondary N) is 3. The number of nitrogens with zero attached hydrogens (tertiary/aromatic N) is 2. The fourth-order valence-corrected chi connectivity index (χ4v) is 3.27. The molecule has 1 amide bonds. The summed E-state index contributed by atoms with van der Waals surface area (Å²) in [6, 6.07) is 0.372. The van der Waals surface area contributed by atoms with E-state index in [0.717, 1.165) is 64.4 Å². The van der Waals surface area contributed by atoms with Crippen LogP contribution in [0.2, 0.25) is 0 Å². The molecule has 0 aromatic carbocycles. The second-order valence-electron chi connectivity index (χ2n) is 8.60. The summed E-state index contributed by atoms with van der Waals surface area (Å²) in [4.78, 5) is 19.3. The molecule has 1 fully saturated rings. The van der Waals surface area contributed by atoms with Crippen LogP contribution in [0.1, 0.15) is 60.3 Å². The van der Waals surface area contributed by atoms with Crippen LogP contribution in [0.5, 0.6) is 0 Å². The summed E-state index contributed by atoms with van der Waals surface area (Å²) in [7, 11) is 1.75. The number of rotatable bonds is 10. The SMILES string of the molecule is CCCC(CN=C(NCC)NC1CCN(CCOC)CC1)NC(=O)OC(C)(C)C. The van der Waals surface area contributed by atoms with E-state index in [1.165, 1.54) is 0 Å². The van der Waals surface area contributed by atoms with Gasteiger partial charge in [-0.05, 0) is 47.0 Å². The number of piperidine rings is 1. The van der Waals surface area contributed by atoms with Crippen LogP contribution in [0.15, 0.2) is 4.99 Å². The zero-order valence-corrected chi connectivity index (χ0v) is 19.3. The van der Waals surface area contributed by atoms with Gasteiger partial charge in [-0.25, -0.2) is 4.79 Å². The molecule has 0 radical (unpaired) electrons. The molecule has 0 aliphatic carbocycles. The van der Waals surface area contributed by atoms with Gasteiger partial charge in [-0.3, -0.25) is 4.99 Å². The minimum atomic E-state index is -0.501. The third kappa shape index (κ3) is 11.9. The van der Waals surface area contributed by atoms with Gasteiger partial charge in [-0.15, -0.1) is 0 Å². The lowest BCUT2D eigenvalue weighted by Crippen LogP contribution is -2.49. The molecule has 1 heterocycles. The van der Waals surface area contributed by atoms with E-state index in [9.17, 15) is 4.79 Å². The summed E-state index contributed by atoms with van der Waals surface area (Å²) < 4.78 is 10.6. The Morgan fingerprint density at radius 2 is 1.93 bits per heavy atom. The first-order valence-electron chi connectivity index (χ1n) is 11.0. The zero-order chi connectivity index (χ0) is 21.7. The monoisotopic (exact) mass is 413 g/mol. The lowest BCUT2D eigenvalue weighted by molar-refractivity contribution is 0.0503. The molecule has 8 heteroatoms. The van der Waals surface area contributed by atoms with Gasteiger partial charge < -0.3 is 30.3 Å². The van der Waals surface area contributed by atoms with Gasteiger partial charge in [-0.2, -0.15) is 0 Å². The molecule has 1 unspecified atom stereocenters. The molecule has 0 bridgehead atoms. The van der Waals surface area contributed by atoms with Crippen LogP contribution in [0.3, 0.4) is 0 Å². The number of ether oxygens (including phenoxy) is 2. The van der Waals surface area contributed by atoms with Gasteiger partial charge in [0.25, 0.3) is 0 Å². The Bertz CT molecular complexity index is 485. The van der Waals surface area contributed by atoms with Crippen molar-refractivity contribution in [3.63, 3.8) is 0 Å². The van der Waals surface area contributed by atoms with Crippen molar-refractivity contribution >= 4 is 12.1 Å². The first kappa shape index (κ1) is 25.5. The van der Waals surface area contributed by atoms with Crippen LogP contribution in [-0.4, -0.2) is 81.1 Å². The second-order valence-corrected chi connectivity index (χ2v) is 8.60. The summed E-state index contributed by atoms with van der Waals surface area (Å²) in [5.74, 6) is 0.815. The van der Waals surface area contributed by atoms with Gasteiger partial charge in [0, 0.05) is 39.3 Å². The van der Waals surface area contributed by atoms with E-state index >= 15 is 0 Å². The van der Waals surface area contributed by atoms with Crippen LogP contribution in [0.4, 0.5) is 4.79 Å².